The average Bonchev–Trinajstić information content (AvgIpc) is 2.20. The van der Waals surface area contributed by atoms with E-state index < -0.39 is 12.2 Å². The van der Waals surface area contributed by atoms with Crippen LogP contribution in [0.25, 0.3) is 0 Å². The van der Waals surface area contributed by atoms with Crippen molar-refractivity contribution in [2.75, 3.05) is 0 Å². The van der Waals surface area contributed by atoms with Crippen LogP contribution >= 0.6 is 0 Å². The van der Waals surface area contributed by atoms with Gasteiger partial charge in [0.25, 0.3) is 0 Å². The highest BCUT2D eigenvalue weighted by molar-refractivity contribution is 5.43. The molecule has 0 fully saturated rings. The molecule has 0 aliphatic heterocycles. The lowest BCUT2D eigenvalue weighted by Crippen LogP contribution is -2.26. The average molecular weight is 231 g/mol. The first-order valence-corrected chi connectivity index (χ1v) is 4.81. The number of aryl methyl sites for hydroxylation is 1. The van der Waals surface area contributed by atoms with Crippen LogP contribution in [0.5, 0.6) is 5.75 Å². The van der Waals surface area contributed by atoms with E-state index in [4.69, 9.17) is 10.7 Å². The van der Waals surface area contributed by atoms with Crippen LogP contribution in [-0.2, 0) is 10.4 Å². The van der Waals surface area contributed by atoms with Crippen molar-refractivity contribution >= 4 is 0 Å². The van der Waals surface area contributed by atoms with Crippen molar-refractivity contribution in [3.8, 4) is 5.75 Å². The van der Waals surface area contributed by atoms with E-state index in [1.54, 1.807) is 39.0 Å². The van der Waals surface area contributed by atoms with E-state index in [1.807, 2.05) is 0 Å². The molecule has 0 saturated heterocycles. The van der Waals surface area contributed by atoms with E-state index in [9.17, 15) is 8.78 Å². The Labute approximate surface area is 93.1 Å². The van der Waals surface area contributed by atoms with Gasteiger partial charge in [0.05, 0.1) is 0 Å². The van der Waals surface area contributed by atoms with Crippen molar-refractivity contribution in [3.63, 3.8) is 0 Å². The maximum absolute atomic E-state index is 12.3. The molecule has 0 atom stereocenters. The summed E-state index contributed by atoms with van der Waals surface area (Å²) in [7, 11) is 0. The summed E-state index contributed by atoms with van der Waals surface area (Å²) in [6.45, 7) is 2.18. The molecule has 0 aliphatic carbocycles. The quantitative estimate of drug-likeness (QED) is 0.810. The van der Waals surface area contributed by atoms with Crippen LogP contribution in [0, 0.1) is 6.92 Å². The summed E-state index contributed by atoms with van der Waals surface area (Å²) in [4.78, 5) is 4.78. The van der Waals surface area contributed by atoms with Crippen molar-refractivity contribution < 1.29 is 18.4 Å². The first-order valence-electron chi connectivity index (χ1n) is 4.81. The van der Waals surface area contributed by atoms with Gasteiger partial charge in [-0.2, -0.15) is 8.78 Å². The van der Waals surface area contributed by atoms with Gasteiger partial charge in [0.1, 0.15) is 11.4 Å². The second kappa shape index (κ2) is 4.76. The summed E-state index contributed by atoms with van der Waals surface area (Å²) in [5.74, 6) is 5.26. The lowest BCUT2D eigenvalue weighted by Gasteiger charge is -2.25. The molecule has 5 heteroatoms. The molecule has 1 aromatic rings. The monoisotopic (exact) mass is 231 g/mol. The molecule has 0 bridgehead atoms. The van der Waals surface area contributed by atoms with Crippen molar-refractivity contribution in [2.24, 2.45) is 5.90 Å². The number of benzene rings is 1. The molecule has 90 valence electrons. The fraction of sp³-hybridized carbons (Fsp3) is 0.455. The lowest BCUT2D eigenvalue weighted by atomic mass is 9.95. The van der Waals surface area contributed by atoms with Gasteiger partial charge in [0.2, 0.25) is 0 Å². The van der Waals surface area contributed by atoms with E-state index >= 15 is 0 Å². The zero-order chi connectivity index (χ0) is 12.3. The SMILES string of the molecule is Cc1cccc(C(C)(C)ON)c1OC(F)F. The highest BCUT2D eigenvalue weighted by Crippen LogP contribution is 2.34. The van der Waals surface area contributed by atoms with Gasteiger partial charge in [0.15, 0.2) is 0 Å². The Morgan fingerprint density at radius 2 is 1.94 bits per heavy atom. The molecule has 0 aromatic heterocycles. The van der Waals surface area contributed by atoms with E-state index in [-0.39, 0.29) is 5.75 Å². The van der Waals surface area contributed by atoms with Crippen molar-refractivity contribution in [1.29, 1.82) is 0 Å². The Kier molecular flexibility index (Phi) is 3.83. The molecule has 0 radical (unpaired) electrons. The zero-order valence-electron chi connectivity index (χ0n) is 9.46. The Bertz CT molecular complexity index is 367. The minimum absolute atomic E-state index is 0.118. The molecule has 0 saturated carbocycles. The third kappa shape index (κ3) is 2.68. The second-order valence-corrected chi connectivity index (χ2v) is 3.96. The highest BCUT2D eigenvalue weighted by atomic mass is 19.3. The molecule has 16 heavy (non-hydrogen) atoms. The van der Waals surface area contributed by atoms with Crippen molar-refractivity contribution in [3.05, 3.63) is 29.3 Å². The molecule has 3 nitrogen and oxygen atoms in total. The lowest BCUT2D eigenvalue weighted by molar-refractivity contribution is -0.0600. The van der Waals surface area contributed by atoms with Gasteiger partial charge in [-0.05, 0) is 26.3 Å². The molecule has 2 N–H and O–H groups in total. The Morgan fingerprint density at radius 1 is 1.31 bits per heavy atom. The van der Waals surface area contributed by atoms with Crippen LogP contribution in [-0.4, -0.2) is 6.61 Å². The highest BCUT2D eigenvalue weighted by Gasteiger charge is 2.26. The first kappa shape index (κ1) is 12.9. The van der Waals surface area contributed by atoms with Gasteiger partial charge in [-0.1, -0.05) is 18.2 Å². The summed E-state index contributed by atoms with van der Waals surface area (Å²) in [6.07, 6.45) is 0. The largest absolute Gasteiger partial charge is 0.434 e. The van der Waals surface area contributed by atoms with Gasteiger partial charge in [-0.15, -0.1) is 0 Å². The van der Waals surface area contributed by atoms with Gasteiger partial charge >= 0.3 is 6.61 Å². The summed E-state index contributed by atoms with van der Waals surface area (Å²) in [6, 6.07) is 5.08. The Hall–Kier alpha value is -1.20. The summed E-state index contributed by atoms with van der Waals surface area (Å²) in [5.41, 5.74) is 0.231. The van der Waals surface area contributed by atoms with Gasteiger partial charge in [-0.3, -0.25) is 4.84 Å². The normalized spacial score (nSPS) is 11.9. The predicted octanol–water partition coefficient (Wildman–Crippen LogP) is 2.72. The first-order chi connectivity index (χ1) is 7.38. The molecule has 0 spiro atoms. The number of nitrogens with two attached hydrogens (primary N) is 1. The molecule has 1 rings (SSSR count). The molecular formula is C11H15F2NO2. The van der Waals surface area contributed by atoms with E-state index in [0.29, 0.717) is 11.1 Å². The molecule has 0 aliphatic rings. The fourth-order valence-corrected chi connectivity index (χ4v) is 1.44. The van der Waals surface area contributed by atoms with Gasteiger partial charge < -0.3 is 4.74 Å². The topological polar surface area (TPSA) is 44.5 Å². The van der Waals surface area contributed by atoms with Crippen LogP contribution in [0.15, 0.2) is 18.2 Å². The summed E-state index contributed by atoms with van der Waals surface area (Å²) in [5, 5.41) is 0. The van der Waals surface area contributed by atoms with Crippen LogP contribution in [0.4, 0.5) is 8.78 Å². The Morgan fingerprint density at radius 3 is 2.44 bits per heavy atom. The second-order valence-electron chi connectivity index (χ2n) is 3.96. The number of hydrogen-bond donors (Lipinski definition) is 1. The van der Waals surface area contributed by atoms with Gasteiger partial charge in [0, 0.05) is 5.56 Å². The van der Waals surface area contributed by atoms with Crippen molar-refractivity contribution in [1.82, 2.24) is 0 Å². The molecule has 0 unspecified atom stereocenters. The number of halogens is 2. The Balaban J connectivity index is 3.22. The van der Waals surface area contributed by atoms with E-state index in [0.717, 1.165) is 0 Å². The van der Waals surface area contributed by atoms with Gasteiger partial charge in [-0.25, -0.2) is 5.90 Å². The molecular weight excluding hydrogens is 216 g/mol. The van der Waals surface area contributed by atoms with E-state index in [1.165, 1.54) is 0 Å². The molecule has 1 aromatic carbocycles. The maximum Gasteiger partial charge on any atom is 0.387 e. The summed E-state index contributed by atoms with van der Waals surface area (Å²) < 4.78 is 29.1. The van der Waals surface area contributed by atoms with Crippen molar-refractivity contribution in [2.45, 2.75) is 33.0 Å². The minimum Gasteiger partial charge on any atom is -0.434 e. The van der Waals surface area contributed by atoms with E-state index in [2.05, 4.69) is 4.74 Å². The van der Waals surface area contributed by atoms with Crippen LogP contribution < -0.4 is 10.6 Å². The number of para-hydroxylation sites is 1. The number of hydrogen-bond acceptors (Lipinski definition) is 3. The predicted molar refractivity (Wildman–Crippen MR) is 56.1 cm³/mol. The maximum atomic E-state index is 12.3. The smallest absolute Gasteiger partial charge is 0.387 e. The molecule has 0 amide bonds. The fourth-order valence-electron chi connectivity index (χ4n) is 1.44. The zero-order valence-corrected chi connectivity index (χ0v) is 9.46. The number of ether oxygens (including phenoxy) is 1. The molecule has 0 heterocycles. The summed E-state index contributed by atoms with van der Waals surface area (Å²) >= 11 is 0. The minimum atomic E-state index is -2.87. The van der Waals surface area contributed by atoms with Crippen LogP contribution in [0.1, 0.15) is 25.0 Å². The number of alkyl halides is 2. The van der Waals surface area contributed by atoms with Crippen LogP contribution in [0.2, 0.25) is 0 Å². The standard InChI is InChI=1S/C11H15F2NO2/c1-7-5-4-6-8(11(2,3)16-14)9(7)15-10(12)13/h4-6,10H,14H2,1-3H3. The van der Waals surface area contributed by atoms with Crippen LogP contribution in [0.3, 0.4) is 0 Å². The number of rotatable bonds is 4. The third-order valence-electron chi connectivity index (χ3n) is 2.36. The third-order valence-corrected chi connectivity index (χ3v) is 2.36.